The lowest BCUT2D eigenvalue weighted by Crippen LogP contribution is -2.29. The van der Waals surface area contributed by atoms with Crippen molar-refractivity contribution < 1.29 is 28.2 Å². The summed E-state index contributed by atoms with van der Waals surface area (Å²) in [5.74, 6) is 0.595. The predicted octanol–water partition coefficient (Wildman–Crippen LogP) is 7.47. The highest BCUT2D eigenvalue weighted by Crippen LogP contribution is 2.30. The fraction of sp³-hybridized carbons (Fsp3) is 0.533. The third-order valence-electron chi connectivity index (χ3n) is 6.69. The van der Waals surface area contributed by atoms with Crippen molar-refractivity contribution in [2.75, 3.05) is 6.61 Å². The van der Waals surface area contributed by atoms with Crippen LogP contribution in [0.1, 0.15) is 81.1 Å². The maximum Gasteiger partial charge on any atom is 0.343 e. The summed E-state index contributed by atoms with van der Waals surface area (Å²) >= 11 is 5.89. The van der Waals surface area contributed by atoms with E-state index in [4.69, 9.17) is 25.8 Å². The minimum atomic E-state index is -1.50. The summed E-state index contributed by atoms with van der Waals surface area (Å²) in [6.07, 6.45) is 5.69. The van der Waals surface area contributed by atoms with Gasteiger partial charge < -0.3 is 14.2 Å². The number of halogens is 2. The highest BCUT2D eigenvalue weighted by molar-refractivity contribution is 6.20. The Morgan fingerprint density at radius 1 is 1.00 bits per heavy atom. The van der Waals surface area contributed by atoms with E-state index < -0.39 is 18.1 Å². The zero-order chi connectivity index (χ0) is 26.6. The van der Waals surface area contributed by atoms with Crippen molar-refractivity contribution in [3.63, 3.8) is 0 Å². The Hall–Kier alpha value is -2.60. The first-order valence-electron chi connectivity index (χ1n) is 13.4. The van der Waals surface area contributed by atoms with Crippen LogP contribution in [0.5, 0.6) is 11.5 Å². The summed E-state index contributed by atoms with van der Waals surface area (Å²) in [6.45, 7) is 4.23. The number of carbonyl (C=O) groups excluding carboxylic acids is 2. The Bertz CT molecular complexity index is 968. The molecule has 1 aliphatic carbocycles. The van der Waals surface area contributed by atoms with Crippen LogP contribution in [0.3, 0.4) is 0 Å². The fourth-order valence-electron chi connectivity index (χ4n) is 4.44. The maximum absolute atomic E-state index is 13.9. The number of rotatable bonds is 13. The van der Waals surface area contributed by atoms with Gasteiger partial charge in [-0.15, -0.1) is 11.6 Å². The van der Waals surface area contributed by atoms with Gasteiger partial charge in [-0.05, 0) is 99.7 Å². The zero-order valence-corrected chi connectivity index (χ0v) is 22.6. The summed E-state index contributed by atoms with van der Waals surface area (Å²) < 4.78 is 30.3. The molecule has 0 bridgehead atoms. The molecule has 202 valence electrons. The van der Waals surface area contributed by atoms with E-state index in [0.717, 1.165) is 44.9 Å². The van der Waals surface area contributed by atoms with E-state index in [1.165, 1.54) is 5.56 Å². The number of esters is 2. The SMILES string of the molecule is CCCC[C@@H](F)C(=O)OC1CCC(CCc2ccc(OC(=O)c3ccc(OC[C@@H](C)Cl)cc3)cc2)CC1. The van der Waals surface area contributed by atoms with E-state index in [9.17, 15) is 14.0 Å². The number of hydrogen-bond acceptors (Lipinski definition) is 5. The molecule has 0 spiro atoms. The van der Waals surface area contributed by atoms with Gasteiger partial charge in [0.25, 0.3) is 0 Å². The number of unbranched alkanes of at least 4 members (excludes halogenated alkanes) is 1. The van der Waals surface area contributed by atoms with Gasteiger partial charge in [-0.3, -0.25) is 0 Å². The molecule has 0 heterocycles. The molecule has 2 aromatic rings. The monoisotopic (exact) mass is 532 g/mol. The van der Waals surface area contributed by atoms with Gasteiger partial charge in [0.2, 0.25) is 0 Å². The minimum Gasteiger partial charge on any atom is -0.492 e. The quantitative estimate of drug-likeness (QED) is 0.152. The second-order valence-corrected chi connectivity index (χ2v) is 10.6. The van der Waals surface area contributed by atoms with Gasteiger partial charge in [-0.25, -0.2) is 14.0 Å². The Balaban J connectivity index is 1.37. The second kappa shape index (κ2) is 15.0. The Kier molecular flexibility index (Phi) is 11.7. The van der Waals surface area contributed by atoms with Gasteiger partial charge in [0.15, 0.2) is 6.17 Å². The van der Waals surface area contributed by atoms with Crippen LogP contribution in [0.4, 0.5) is 4.39 Å². The van der Waals surface area contributed by atoms with Crippen molar-refractivity contribution in [1.29, 1.82) is 0 Å². The average molecular weight is 533 g/mol. The molecule has 2 atom stereocenters. The third kappa shape index (κ3) is 9.99. The highest BCUT2D eigenvalue weighted by atomic mass is 35.5. The molecule has 0 radical (unpaired) electrons. The predicted molar refractivity (Wildman–Crippen MR) is 143 cm³/mol. The first kappa shape index (κ1) is 29.0. The zero-order valence-electron chi connectivity index (χ0n) is 21.8. The molecule has 0 aromatic heterocycles. The number of hydrogen-bond donors (Lipinski definition) is 0. The summed E-state index contributed by atoms with van der Waals surface area (Å²) in [7, 11) is 0. The van der Waals surface area contributed by atoms with Gasteiger partial charge in [0.05, 0.1) is 10.9 Å². The standard InChI is InChI=1S/C30H38ClFO5/c1-3-4-5-28(32)30(34)37-27-16-10-23(11-17-27)7-6-22-8-14-26(15-9-22)36-29(33)24-12-18-25(19-13-24)35-20-21(2)31/h8-9,12-15,18-19,21,23,27-28H,3-7,10-11,16-17,20H2,1-2H3/t21-,23?,27?,28-/m1/s1. The Labute approximate surface area is 224 Å². The van der Waals surface area contributed by atoms with Gasteiger partial charge in [0.1, 0.15) is 24.2 Å². The number of ether oxygens (including phenoxy) is 3. The van der Waals surface area contributed by atoms with Crippen LogP contribution in [-0.4, -0.2) is 36.2 Å². The highest BCUT2D eigenvalue weighted by Gasteiger charge is 2.27. The van der Waals surface area contributed by atoms with Crippen LogP contribution in [0.2, 0.25) is 0 Å². The lowest BCUT2D eigenvalue weighted by atomic mass is 9.83. The van der Waals surface area contributed by atoms with E-state index in [1.807, 2.05) is 38.1 Å². The number of carbonyl (C=O) groups is 2. The molecule has 0 unspecified atom stereocenters. The summed E-state index contributed by atoms with van der Waals surface area (Å²) in [5, 5.41) is -0.0918. The molecule has 0 saturated heterocycles. The molecule has 0 aliphatic heterocycles. The Morgan fingerprint density at radius 3 is 2.27 bits per heavy atom. The molecule has 7 heteroatoms. The Morgan fingerprint density at radius 2 is 1.65 bits per heavy atom. The smallest absolute Gasteiger partial charge is 0.343 e. The lowest BCUT2D eigenvalue weighted by molar-refractivity contribution is -0.157. The van der Waals surface area contributed by atoms with Gasteiger partial charge in [-0.1, -0.05) is 31.9 Å². The largest absolute Gasteiger partial charge is 0.492 e. The molecule has 3 rings (SSSR count). The number of aryl methyl sites for hydroxylation is 1. The van der Waals surface area contributed by atoms with Crippen molar-refractivity contribution in [3.8, 4) is 11.5 Å². The number of alkyl halides is 2. The maximum atomic E-state index is 13.9. The fourth-order valence-corrected chi connectivity index (χ4v) is 4.50. The van der Waals surface area contributed by atoms with E-state index in [-0.39, 0.29) is 17.9 Å². The van der Waals surface area contributed by atoms with Crippen LogP contribution < -0.4 is 9.47 Å². The topological polar surface area (TPSA) is 61.8 Å². The van der Waals surface area contributed by atoms with Crippen LogP contribution in [0.25, 0.3) is 0 Å². The van der Waals surface area contributed by atoms with E-state index in [1.54, 1.807) is 24.3 Å². The normalized spacial score (nSPS) is 19.0. The minimum absolute atomic E-state index is 0.0918. The molecule has 1 aliphatic rings. The third-order valence-corrected chi connectivity index (χ3v) is 6.81. The first-order chi connectivity index (χ1) is 17.8. The van der Waals surface area contributed by atoms with Gasteiger partial charge in [0, 0.05) is 0 Å². The van der Waals surface area contributed by atoms with Crippen LogP contribution in [0, 0.1) is 5.92 Å². The summed E-state index contributed by atoms with van der Waals surface area (Å²) in [6, 6.07) is 14.4. The molecule has 2 aromatic carbocycles. The van der Waals surface area contributed by atoms with Crippen molar-refractivity contribution in [3.05, 3.63) is 59.7 Å². The van der Waals surface area contributed by atoms with Crippen molar-refractivity contribution in [1.82, 2.24) is 0 Å². The molecule has 0 N–H and O–H groups in total. The van der Waals surface area contributed by atoms with Crippen LogP contribution >= 0.6 is 11.6 Å². The first-order valence-corrected chi connectivity index (χ1v) is 13.8. The molecule has 1 fully saturated rings. The van der Waals surface area contributed by atoms with Gasteiger partial charge in [-0.2, -0.15) is 0 Å². The van der Waals surface area contributed by atoms with Crippen LogP contribution in [-0.2, 0) is 16.0 Å². The summed E-state index contributed by atoms with van der Waals surface area (Å²) in [4.78, 5) is 24.4. The lowest BCUT2D eigenvalue weighted by Gasteiger charge is -2.28. The molecule has 5 nitrogen and oxygen atoms in total. The van der Waals surface area contributed by atoms with Crippen molar-refractivity contribution in [2.45, 2.75) is 89.3 Å². The second-order valence-electron chi connectivity index (χ2n) is 9.88. The average Bonchev–Trinajstić information content (AvgIpc) is 2.91. The molecular weight excluding hydrogens is 495 g/mol. The van der Waals surface area contributed by atoms with Crippen LogP contribution in [0.15, 0.2) is 48.5 Å². The van der Waals surface area contributed by atoms with E-state index >= 15 is 0 Å². The molecular formula is C30H38ClFO5. The van der Waals surface area contributed by atoms with Crippen molar-refractivity contribution in [2.24, 2.45) is 5.92 Å². The van der Waals surface area contributed by atoms with Gasteiger partial charge >= 0.3 is 11.9 Å². The molecule has 1 saturated carbocycles. The molecule has 37 heavy (non-hydrogen) atoms. The van der Waals surface area contributed by atoms with E-state index in [0.29, 0.717) is 36.0 Å². The molecule has 0 amide bonds. The number of benzene rings is 2. The van der Waals surface area contributed by atoms with Crippen molar-refractivity contribution >= 4 is 23.5 Å². The van der Waals surface area contributed by atoms with E-state index in [2.05, 4.69) is 0 Å². The summed E-state index contributed by atoms with van der Waals surface area (Å²) in [5.41, 5.74) is 1.62.